The van der Waals surface area contributed by atoms with Gasteiger partial charge in [0.05, 0.1) is 16.6 Å². The molecule has 2 rings (SSSR count). The van der Waals surface area contributed by atoms with Crippen LogP contribution in [0.15, 0.2) is 18.2 Å². The molecule has 0 spiro atoms. The maximum Gasteiger partial charge on any atom is 0.416 e. The van der Waals surface area contributed by atoms with Crippen LogP contribution in [0.25, 0.3) is 0 Å². The summed E-state index contributed by atoms with van der Waals surface area (Å²) in [5, 5.41) is 23.0. The Bertz CT molecular complexity index is 643. The van der Waals surface area contributed by atoms with E-state index in [0.717, 1.165) is 12.1 Å². The first-order valence-corrected chi connectivity index (χ1v) is 7.74. The maximum atomic E-state index is 12.6. The molecule has 1 aliphatic heterocycles. The SMILES string of the molecule is O=C(CCNc1ccc(C(F)(F)F)cc1[N+](=O)[O-])N1CCC(O)CC1. The molecular formula is C15H18F3N3O4. The monoisotopic (exact) mass is 361 g/mol. The molecule has 1 fully saturated rings. The summed E-state index contributed by atoms with van der Waals surface area (Å²) in [6.07, 6.45) is -4.02. The molecule has 10 heteroatoms. The molecule has 2 N–H and O–H groups in total. The minimum Gasteiger partial charge on any atom is -0.393 e. The largest absolute Gasteiger partial charge is 0.416 e. The van der Waals surface area contributed by atoms with Gasteiger partial charge in [0, 0.05) is 32.1 Å². The molecule has 0 saturated carbocycles. The number of hydrogen-bond acceptors (Lipinski definition) is 5. The van der Waals surface area contributed by atoms with Gasteiger partial charge in [-0.05, 0) is 25.0 Å². The third kappa shape index (κ3) is 5.05. The number of aliphatic hydroxyl groups excluding tert-OH is 1. The summed E-state index contributed by atoms with van der Waals surface area (Å²) in [6.45, 7) is 0.949. The van der Waals surface area contributed by atoms with E-state index in [2.05, 4.69) is 5.32 Å². The number of amides is 1. The second kappa shape index (κ2) is 7.68. The molecule has 0 bridgehead atoms. The van der Waals surface area contributed by atoms with Crippen molar-refractivity contribution in [3.05, 3.63) is 33.9 Å². The van der Waals surface area contributed by atoms with Crippen LogP contribution in [0.5, 0.6) is 0 Å². The number of likely N-dealkylation sites (tertiary alicyclic amines) is 1. The highest BCUT2D eigenvalue weighted by Crippen LogP contribution is 2.34. The lowest BCUT2D eigenvalue weighted by molar-refractivity contribution is -0.384. The zero-order valence-electron chi connectivity index (χ0n) is 13.3. The number of anilines is 1. The fourth-order valence-electron chi connectivity index (χ4n) is 2.59. The number of carbonyl (C=O) groups excluding carboxylic acids is 1. The lowest BCUT2D eigenvalue weighted by Crippen LogP contribution is -2.40. The van der Waals surface area contributed by atoms with Gasteiger partial charge in [0.25, 0.3) is 5.69 Å². The summed E-state index contributed by atoms with van der Waals surface area (Å²) in [5.74, 6) is -0.172. The predicted octanol–water partition coefficient (Wildman–Crippen LogP) is 2.40. The first-order chi connectivity index (χ1) is 11.7. The highest BCUT2D eigenvalue weighted by atomic mass is 19.4. The van der Waals surface area contributed by atoms with Crippen molar-refractivity contribution in [2.45, 2.75) is 31.5 Å². The topological polar surface area (TPSA) is 95.7 Å². The van der Waals surface area contributed by atoms with Crippen LogP contribution in [0.3, 0.4) is 0 Å². The molecule has 138 valence electrons. The highest BCUT2D eigenvalue weighted by molar-refractivity contribution is 5.77. The molecule has 0 aromatic heterocycles. The van der Waals surface area contributed by atoms with Gasteiger partial charge in [-0.15, -0.1) is 0 Å². The average Bonchev–Trinajstić information content (AvgIpc) is 2.54. The zero-order valence-corrected chi connectivity index (χ0v) is 13.3. The zero-order chi connectivity index (χ0) is 18.6. The molecular weight excluding hydrogens is 343 g/mol. The van der Waals surface area contributed by atoms with Gasteiger partial charge in [0.1, 0.15) is 5.69 Å². The van der Waals surface area contributed by atoms with Gasteiger partial charge in [0.2, 0.25) is 5.91 Å². The molecule has 1 aliphatic rings. The van der Waals surface area contributed by atoms with E-state index in [9.17, 15) is 33.2 Å². The number of nitro groups is 1. The number of rotatable bonds is 5. The number of halogens is 3. The van der Waals surface area contributed by atoms with E-state index in [1.54, 1.807) is 4.90 Å². The fraction of sp³-hybridized carbons (Fsp3) is 0.533. The lowest BCUT2D eigenvalue weighted by Gasteiger charge is -2.29. The Morgan fingerprint density at radius 3 is 2.56 bits per heavy atom. The molecule has 7 nitrogen and oxygen atoms in total. The standard InChI is InChI=1S/C15H18F3N3O4/c16-15(17,18)10-1-2-12(13(9-10)21(24)25)19-6-3-14(23)20-7-4-11(22)5-8-20/h1-2,9,11,19,22H,3-8H2. The minimum absolute atomic E-state index is 0.0499. The summed E-state index contributed by atoms with van der Waals surface area (Å²) < 4.78 is 37.9. The molecule has 1 aromatic rings. The normalized spacial score (nSPS) is 15.9. The first-order valence-electron chi connectivity index (χ1n) is 7.74. The van der Waals surface area contributed by atoms with Gasteiger partial charge >= 0.3 is 6.18 Å². The highest BCUT2D eigenvalue weighted by Gasteiger charge is 2.33. The van der Waals surface area contributed by atoms with Crippen molar-refractivity contribution in [2.75, 3.05) is 25.0 Å². The average molecular weight is 361 g/mol. The number of hydrogen-bond donors (Lipinski definition) is 2. The van der Waals surface area contributed by atoms with Crippen LogP contribution >= 0.6 is 0 Å². The molecule has 0 radical (unpaired) electrons. The Hall–Kier alpha value is -2.36. The van der Waals surface area contributed by atoms with Crippen molar-refractivity contribution in [3.63, 3.8) is 0 Å². The summed E-state index contributed by atoms with van der Waals surface area (Å²) in [4.78, 5) is 23.7. The van der Waals surface area contributed by atoms with Gasteiger partial charge in [-0.1, -0.05) is 0 Å². The van der Waals surface area contributed by atoms with Crippen LogP contribution in [-0.2, 0) is 11.0 Å². The van der Waals surface area contributed by atoms with Gasteiger partial charge in [-0.25, -0.2) is 0 Å². The van der Waals surface area contributed by atoms with Crippen LogP contribution in [0.1, 0.15) is 24.8 Å². The molecule has 1 heterocycles. The first kappa shape index (κ1) is 19.0. The molecule has 0 aliphatic carbocycles. The maximum absolute atomic E-state index is 12.6. The third-order valence-corrected chi connectivity index (χ3v) is 3.99. The molecule has 0 atom stereocenters. The van der Waals surface area contributed by atoms with Crippen molar-refractivity contribution in [1.82, 2.24) is 4.90 Å². The number of alkyl halides is 3. The molecule has 25 heavy (non-hydrogen) atoms. The number of piperidine rings is 1. The van der Waals surface area contributed by atoms with E-state index in [4.69, 9.17) is 0 Å². The number of carbonyl (C=O) groups is 1. The van der Waals surface area contributed by atoms with E-state index in [-0.39, 0.29) is 24.6 Å². The number of aliphatic hydroxyl groups is 1. The Morgan fingerprint density at radius 1 is 1.36 bits per heavy atom. The predicted molar refractivity (Wildman–Crippen MR) is 83.0 cm³/mol. The Morgan fingerprint density at radius 2 is 2.00 bits per heavy atom. The number of nitro benzene ring substituents is 1. The van der Waals surface area contributed by atoms with Gasteiger partial charge < -0.3 is 15.3 Å². The number of nitrogens with zero attached hydrogens (tertiary/aromatic N) is 2. The lowest BCUT2D eigenvalue weighted by atomic mass is 10.1. The smallest absolute Gasteiger partial charge is 0.393 e. The van der Waals surface area contributed by atoms with Gasteiger partial charge in [0.15, 0.2) is 0 Å². The van der Waals surface area contributed by atoms with Gasteiger partial charge in [-0.3, -0.25) is 14.9 Å². The van der Waals surface area contributed by atoms with Crippen molar-refractivity contribution in [3.8, 4) is 0 Å². The second-order valence-electron chi connectivity index (χ2n) is 5.78. The summed E-state index contributed by atoms with van der Waals surface area (Å²) in [6, 6.07) is 2.21. The van der Waals surface area contributed by atoms with E-state index in [1.165, 1.54) is 0 Å². The summed E-state index contributed by atoms with van der Waals surface area (Å²) in [7, 11) is 0. The van der Waals surface area contributed by atoms with Crippen LogP contribution in [0.4, 0.5) is 24.5 Å². The van der Waals surface area contributed by atoms with Crippen molar-refractivity contribution in [1.29, 1.82) is 0 Å². The fourth-order valence-corrected chi connectivity index (χ4v) is 2.59. The number of benzene rings is 1. The van der Waals surface area contributed by atoms with Crippen LogP contribution in [-0.4, -0.2) is 46.6 Å². The van der Waals surface area contributed by atoms with Crippen molar-refractivity contribution < 1.29 is 28.0 Å². The molecule has 1 amide bonds. The quantitative estimate of drug-likeness (QED) is 0.620. The third-order valence-electron chi connectivity index (χ3n) is 3.99. The van der Waals surface area contributed by atoms with E-state index >= 15 is 0 Å². The van der Waals surface area contributed by atoms with Crippen molar-refractivity contribution in [2.24, 2.45) is 0 Å². The van der Waals surface area contributed by atoms with Gasteiger partial charge in [-0.2, -0.15) is 13.2 Å². The van der Waals surface area contributed by atoms with E-state index < -0.39 is 28.5 Å². The van der Waals surface area contributed by atoms with E-state index in [0.29, 0.717) is 32.0 Å². The summed E-state index contributed by atoms with van der Waals surface area (Å²) >= 11 is 0. The number of nitrogens with one attached hydrogen (secondary N) is 1. The van der Waals surface area contributed by atoms with E-state index in [1.807, 2.05) is 0 Å². The van der Waals surface area contributed by atoms with Crippen LogP contribution in [0.2, 0.25) is 0 Å². The summed E-state index contributed by atoms with van der Waals surface area (Å²) in [5.41, 5.74) is -1.86. The van der Waals surface area contributed by atoms with Crippen LogP contribution in [0, 0.1) is 10.1 Å². The Balaban J connectivity index is 1.96. The van der Waals surface area contributed by atoms with Crippen LogP contribution < -0.4 is 5.32 Å². The molecule has 1 aromatic carbocycles. The molecule has 0 unspecified atom stereocenters. The Kier molecular flexibility index (Phi) is 5.83. The van der Waals surface area contributed by atoms with Crippen molar-refractivity contribution >= 4 is 17.3 Å². The Labute approximate surface area is 141 Å². The minimum atomic E-state index is -4.67. The second-order valence-corrected chi connectivity index (χ2v) is 5.78. The molecule has 1 saturated heterocycles.